The summed E-state index contributed by atoms with van der Waals surface area (Å²) in [6, 6.07) is 4.04. The molecule has 0 atom stereocenters. The number of hydrogen-bond acceptors (Lipinski definition) is 2. The molecule has 12 heavy (non-hydrogen) atoms. The van der Waals surface area contributed by atoms with E-state index >= 15 is 0 Å². The van der Waals surface area contributed by atoms with Gasteiger partial charge in [0.15, 0.2) is 0 Å². The Balaban J connectivity index is -0.0000000506. The molecule has 3 N–H and O–H groups in total. The van der Waals surface area contributed by atoms with Crippen LogP contribution in [-0.4, -0.2) is 14.7 Å². The molecule has 0 fully saturated rings. The van der Waals surface area contributed by atoms with Crippen molar-refractivity contribution in [2.24, 2.45) is 0 Å². The molecule has 0 saturated heterocycles. The van der Waals surface area contributed by atoms with Crippen molar-refractivity contribution in [2.45, 2.75) is 0 Å². The maximum Gasteiger partial charge on any atom is 1.00 e. The van der Waals surface area contributed by atoms with Crippen molar-refractivity contribution in [3.63, 3.8) is 0 Å². The van der Waals surface area contributed by atoms with Gasteiger partial charge < -0.3 is 16.1 Å². The zero-order valence-corrected chi connectivity index (χ0v) is 9.47. The Labute approximate surface area is 99.8 Å². The zero-order valence-electron chi connectivity index (χ0n) is 7.36. The fraction of sp³-hybridized carbons (Fsp3) is 0. The molecule has 0 aliphatic heterocycles. The Bertz CT molecular complexity index is 180. The van der Waals surface area contributed by atoms with E-state index in [1.54, 1.807) is 11.3 Å². The van der Waals surface area contributed by atoms with Gasteiger partial charge in [-0.25, -0.2) is 4.57 Å². The maximum atomic E-state index is 8.88. The normalized spacial score (nSPS) is 8.25. The summed E-state index contributed by atoms with van der Waals surface area (Å²) in [5.74, 6) is 0. The van der Waals surface area contributed by atoms with Gasteiger partial charge in [-0.15, -0.1) is 0 Å². The SMILES string of the molecule is O=P(O)(O)O.[H-].[Li+].[V].c1ccsc1. The van der Waals surface area contributed by atoms with Crippen molar-refractivity contribution in [2.75, 3.05) is 0 Å². The molecule has 4 nitrogen and oxygen atoms in total. The van der Waals surface area contributed by atoms with E-state index in [2.05, 4.69) is 0 Å². The average Bonchev–Trinajstić information content (AvgIpc) is 2.07. The van der Waals surface area contributed by atoms with E-state index in [1.165, 1.54) is 0 Å². The van der Waals surface area contributed by atoms with E-state index in [0.717, 1.165) is 0 Å². The van der Waals surface area contributed by atoms with Crippen LogP contribution in [0.4, 0.5) is 0 Å². The molecule has 0 bridgehead atoms. The molecule has 0 unspecified atom stereocenters. The van der Waals surface area contributed by atoms with Gasteiger partial charge in [-0.3, -0.25) is 0 Å². The fourth-order valence-electron chi connectivity index (χ4n) is 0.227. The molecule has 0 aliphatic carbocycles. The first-order valence-corrected chi connectivity index (χ1v) is 4.76. The Morgan fingerprint density at radius 3 is 1.50 bits per heavy atom. The predicted molar refractivity (Wildman–Crippen MR) is 39.7 cm³/mol. The maximum absolute atomic E-state index is 8.88. The van der Waals surface area contributed by atoms with Gasteiger partial charge in [0, 0.05) is 18.6 Å². The van der Waals surface area contributed by atoms with Gasteiger partial charge in [0.25, 0.3) is 0 Å². The quantitative estimate of drug-likeness (QED) is 0.360. The van der Waals surface area contributed by atoms with Gasteiger partial charge in [0.05, 0.1) is 0 Å². The summed E-state index contributed by atoms with van der Waals surface area (Å²) in [4.78, 5) is 21.6. The summed E-state index contributed by atoms with van der Waals surface area (Å²) in [5.41, 5.74) is 0. The molecule has 1 aromatic rings. The third kappa shape index (κ3) is 30.6. The van der Waals surface area contributed by atoms with Crippen LogP contribution in [0.5, 0.6) is 0 Å². The zero-order chi connectivity index (χ0) is 8.04. The van der Waals surface area contributed by atoms with Crippen molar-refractivity contribution >= 4 is 19.2 Å². The minimum atomic E-state index is -4.64. The van der Waals surface area contributed by atoms with E-state index in [0.29, 0.717) is 0 Å². The molecule has 1 aromatic heterocycles. The smallest absolute Gasteiger partial charge is 1.00 e. The van der Waals surface area contributed by atoms with Crippen LogP contribution in [0.25, 0.3) is 0 Å². The second kappa shape index (κ2) is 10.1. The van der Waals surface area contributed by atoms with Crippen LogP contribution in [0.15, 0.2) is 22.9 Å². The van der Waals surface area contributed by atoms with Crippen LogP contribution in [-0.2, 0) is 23.1 Å². The third-order valence-corrected chi connectivity index (χ3v) is 1.05. The minimum Gasteiger partial charge on any atom is -1.00 e. The van der Waals surface area contributed by atoms with Crippen molar-refractivity contribution < 1.29 is 58.1 Å². The predicted octanol–water partition coefficient (Wildman–Crippen LogP) is -2.07. The second-order valence-electron chi connectivity index (χ2n) is 1.31. The monoisotopic (exact) mass is 241 g/mol. The van der Waals surface area contributed by atoms with Crippen LogP contribution < -0.4 is 18.9 Å². The molecule has 8 heteroatoms. The van der Waals surface area contributed by atoms with E-state index in [1.807, 2.05) is 22.9 Å². The number of rotatable bonds is 0. The number of thiophene rings is 1. The minimum absolute atomic E-state index is 0. The fourth-order valence-corrected chi connectivity index (χ4v) is 0.680. The van der Waals surface area contributed by atoms with Crippen LogP contribution in [0.1, 0.15) is 1.43 Å². The van der Waals surface area contributed by atoms with E-state index in [-0.39, 0.29) is 38.8 Å². The summed E-state index contributed by atoms with van der Waals surface area (Å²) in [5, 5.41) is 4.08. The van der Waals surface area contributed by atoms with Gasteiger partial charge >= 0.3 is 26.7 Å². The molecular formula is C4H8LiO4PSV. The van der Waals surface area contributed by atoms with Crippen LogP contribution in [0.3, 0.4) is 0 Å². The largest absolute Gasteiger partial charge is 1.00 e. The first-order chi connectivity index (χ1) is 4.50. The molecule has 1 rings (SSSR count). The van der Waals surface area contributed by atoms with E-state index < -0.39 is 7.82 Å². The van der Waals surface area contributed by atoms with Crippen molar-refractivity contribution in [1.29, 1.82) is 0 Å². The molecule has 1 radical (unpaired) electrons. The van der Waals surface area contributed by atoms with Crippen molar-refractivity contribution in [1.82, 2.24) is 0 Å². The molecule has 0 spiro atoms. The number of hydrogen-bond donors (Lipinski definition) is 3. The van der Waals surface area contributed by atoms with Gasteiger partial charge in [0.2, 0.25) is 0 Å². The van der Waals surface area contributed by atoms with Gasteiger partial charge in [0.1, 0.15) is 0 Å². The van der Waals surface area contributed by atoms with E-state index in [4.69, 9.17) is 19.2 Å². The third-order valence-electron chi connectivity index (χ3n) is 0.425. The van der Waals surface area contributed by atoms with Gasteiger partial charge in [-0.1, -0.05) is 12.1 Å². The summed E-state index contributed by atoms with van der Waals surface area (Å²) in [6.45, 7) is 0. The van der Waals surface area contributed by atoms with Crippen molar-refractivity contribution in [3.05, 3.63) is 22.9 Å². The Morgan fingerprint density at radius 1 is 1.17 bits per heavy atom. The van der Waals surface area contributed by atoms with Gasteiger partial charge in [-0.05, 0) is 10.8 Å². The first kappa shape index (κ1) is 18.7. The summed E-state index contributed by atoms with van der Waals surface area (Å²) in [7, 11) is -4.64. The molecule has 65 valence electrons. The second-order valence-corrected chi connectivity index (χ2v) is 3.15. The molecule has 0 aromatic carbocycles. The molecular weight excluding hydrogens is 233 g/mol. The first-order valence-electron chi connectivity index (χ1n) is 2.25. The van der Waals surface area contributed by atoms with E-state index in [9.17, 15) is 0 Å². The molecule has 1 heterocycles. The molecule has 0 saturated carbocycles. The Hall–Kier alpha value is 0.992. The van der Waals surface area contributed by atoms with Gasteiger partial charge in [-0.2, -0.15) is 11.3 Å². The van der Waals surface area contributed by atoms with Crippen LogP contribution in [0, 0.1) is 0 Å². The van der Waals surface area contributed by atoms with Crippen molar-refractivity contribution in [3.8, 4) is 0 Å². The Kier molecular flexibility index (Phi) is 15.7. The number of phosphoric acid groups is 1. The summed E-state index contributed by atoms with van der Waals surface area (Å²) >= 11 is 1.71. The molecule has 0 aliphatic rings. The van der Waals surface area contributed by atoms with Crippen LogP contribution >= 0.6 is 19.2 Å². The van der Waals surface area contributed by atoms with Crippen LogP contribution in [0.2, 0.25) is 0 Å². The molecule has 0 amide bonds. The summed E-state index contributed by atoms with van der Waals surface area (Å²) < 4.78 is 8.88. The standard InChI is InChI=1S/C4H4S.Li.H3O4P.V.H/c1-2-4-5-3-1;;1-5(2,3)4;;/h1-4H;;(H3,1,2,3,4);;/q;+1;;;-1. The summed E-state index contributed by atoms with van der Waals surface area (Å²) in [6.07, 6.45) is 0. The Morgan fingerprint density at radius 2 is 1.42 bits per heavy atom. The topological polar surface area (TPSA) is 77.8 Å². The average molecular weight is 241 g/mol.